The monoisotopic (exact) mass is 603 g/mol. The van der Waals surface area contributed by atoms with Gasteiger partial charge in [-0.1, -0.05) is 140 Å². The lowest BCUT2D eigenvalue weighted by Crippen LogP contribution is -2.25. The van der Waals surface area contributed by atoms with Crippen LogP contribution in [0.3, 0.4) is 0 Å². The lowest BCUT2D eigenvalue weighted by molar-refractivity contribution is 0.752. The lowest BCUT2D eigenvalue weighted by Gasteiger charge is -2.23. The van der Waals surface area contributed by atoms with Crippen molar-refractivity contribution in [3.05, 3.63) is 193 Å². The molecule has 1 saturated heterocycles. The van der Waals surface area contributed by atoms with Crippen LogP contribution in [0.4, 0.5) is 5.69 Å². The zero-order chi connectivity index (χ0) is 31.2. The van der Waals surface area contributed by atoms with Crippen LogP contribution in [0.2, 0.25) is 0 Å². The molecular weight excluding hydrogens is 571 g/mol. The highest BCUT2D eigenvalue weighted by molar-refractivity contribution is 6.10. The van der Waals surface area contributed by atoms with Crippen molar-refractivity contribution in [2.45, 2.75) is 11.7 Å². The van der Waals surface area contributed by atoms with Crippen molar-refractivity contribution >= 4 is 27.5 Å². The number of rotatable bonds is 7. The van der Waals surface area contributed by atoms with Crippen molar-refractivity contribution < 1.29 is 0 Å². The molecule has 3 nitrogen and oxygen atoms in total. The minimum absolute atomic E-state index is 0.152. The number of para-hydroxylation sites is 2. The fraction of sp³-hybridized carbons (Fsp3) is 0.0455. The van der Waals surface area contributed by atoms with Gasteiger partial charge < -0.3 is 9.88 Å². The molecule has 2 heterocycles. The van der Waals surface area contributed by atoms with E-state index >= 15 is 0 Å². The van der Waals surface area contributed by atoms with E-state index in [4.69, 9.17) is 0 Å². The average molecular weight is 604 g/mol. The standard InChI is InChI=1S/C44H33N3/c1-5-15-31(16-6-1)38-29-33(25-27-40(38)45-44(35-19-9-3-10-20-35)43(46-44)32-17-7-2-8-18-32)34-26-28-42-39(30-34)37-23-13-14-24-41(37)47(42)36-21-11-4-12-22-36/h1-30,43,45-46H/t43-,44+/m1/s1. The quantitative estimate of drug-likeness (QED) is 0.178. The highest BCUT2D eigenvalue weighted by atomic mass is 15.4. The first-order valence-electron chi connectivity index (χ1n) is 16.2. The van der Waals surface area contributed by atoms with Gasteiger partial charge in [0.05, 0.1) is 17.1 Å². The summed E-state index contributed by atoms with van der Waals surface area (Å²) >= 11 is 0. The molecule has 1 aliphatic heterocycles. The minimum atomic E-state index is -0.411. The van der Waals surface area contributed by atoms with Crippen LogP contribution in [0, 0.1) is 0 Å². The van der Waals surface area contributed by atoms with Crippen LogP contribution in [-0.2, 0) is 5.66 Å². The molecule has 0 radical (unpaired) electrons. The maximum absolute atomic E-state index is 4.00. The molecule has 0 saturated carbocycles. The summed E-state index contributed by atoms with van der Waals surface area (Å²) in [6.45, 7) is 0. The van der Waals surface area contributed by atoms with Gasteiger partial charge in [0.15, 0.2) is 0 Å². The predicted octanol–water partition coefficient (Wildman–Crippen LogP) is 10.7. The first-order chi connectivity index (χ1) is 23.3. The Morgan fingerprint density at radius 1 is 0.489 bits per heavy atom. The van der Waals surface area contributed by atoms with E-state index in [9.17, 15) is 0 Å². The van der Waals surface area contributed by atoms with Crippen molar-refractivity contribution in [2.24, 2.45) is 0 Å². The zero-order valence-corrected chi connectivity index (χ0v) is 25.8. The first kappa shape index (κ1) is 27.4. The fourth-order valence-electron chi connectivity index (χ4n) is 7.21. The number of fused-ring (bicyclic) bond motifs is 3. The minimum Gasteiger partial charge on any atom is -0.361 e. The second-order valence-electron chi connectivity index (χ2n) is 12.3. The highest BCUT2D eigenvalue weighted by Crippen LogP contribution is 2.50. The van der Waals surface area contributed by atoms with Crippen LogP contribution in [0.25, 0.3) is 49.7 Å². The second kappa shape index (κ2) is 11.2. The largest absolute Gasteiger partial charge is 0.361 e. The maximum Gasteiger partial charge on any atom is 0.135 e. The molecule has 224 valence electrons. The van der Waals surface area contributed by atoms with Gasteiger partial charge in [0.1, 0.15) is 5.66 Å². The number of nitrogens with zero attached hydrogens (tertiary/aromatic N) is 1. The summed E-state index contributed by atoms with van der Waals surface area (Å²) in [5.41, 5.74) is 11.5. The molecule has 0 amide bonds. The molecule has 0 spiro atoms. The summed E-state index contributed by atoms with van der Waals surface area (Å²) in [5, 5.41) is 10.3. The van der Waals surface area contributed by atoms with E-state index in [0.29, 0.717) is 0 Å². The SMILES string of the molecule is c1ccc(-c2cc(-c3ccc4c(c3)c3ccccc3n4-c3ccccc3)ccc2N[C@@]2(c3ccccc3)N[C@@H]2c2ccccc2)cc1. The predicted molar refractivity (Wildman–Crippen MR) is 196 cm³/mol. The van der Waals surface area contributed by atoms with E-state index in [0.717, 1.165) is 5.69 Å². The first-order valence-corrected chi connectivity index (χ1v) is 16.2. The topological polar surface area (TPSA) is 38.9 Å². The number of benzene rings is 7. The van der Waals surface area contributed by atoms with E-state index in [1.165, 1.54) is 60.9 Å². The summed E-state index contributed by atoms with van der Waals surface area (Å²) in [6, 6.07) is 65.4. The summed E-state index contributed by atoms with van der Waals surface area (Å²) in [7, 11) is 0. The van der Waals surface area contributed by atoms with Crippen molar-refractivity contribution in [1.82, 2.24) is 9.88 Å². The Kier molecular flexibility index (Phi) is 6.51. The molecule has 0 aliphatic carbocycles. The maximum atomic E-state index is 4.00. The van der Waals surface area contributed by atoms with Crippen molar-refractivity contribution in [3.63, 3.8) is 0 Å². The van der Waals surface area contributed by atoms with Crippen LogP contribution in [-0.4, -0.2) is 4.57 Å². The second-order valence-corrected chi connectivity index (χ2v) is 12.3. The van der Waals surface area contributed by atoms with Crippen molar-refractivity contribution in [1.29, 1.82) is 0 Å². The van der Waals surface area contributed by atoms with E-state index in [-0.39, 0.29) is 6.04 Å². The molecule has 0 unspecified atom stereocenters. The van der Waals surface area contributed by atoms with Gasteiger partial charge in [0, 0.05) is 27.7 Å². The number of anilines is 1. The lowest BCUT2D eigenvalue weighted by atomic mass is 9.94. The molecule has 0 bridgehead atoms. The zero-order valence-electron chi connectivity index (χ0n) is 25.8. The molecule has 8 aromatic rings. The van der Waals surface area contributed by atoms with Crippen LogP contribution >= 0.6 is 0 Å². The molecule has 1 aliphatic rings. The Hall–Kier alpha value is -5.90. The molecule has 9 rings (SSSR count). The third-order valence-electron chi connectivity index (χ3n) is 9.54. The molecule has 2 atom stereocenters. The van der Waals surface area contributed by atoms with E-state index in [2.05, 4.69) is 197 Å². The molecule has 1 aromatic heterocycles. The summed E-state index contributed by atoms with van der Waals surface area (Å²) < 4.78 is 2.37. The number of nitrogens with one attached hydrogen (secondary N) is 2. The van der Waals surface area contributed by atoms with Gasteiger partial charge in [-0.05, 0) is 70.3 Å². The van der Waals surface area contributed by atoms with Crippen molar-refractivity contribution in [2.75, 3.05) is 5.32 Å². The Labute approximate surface area is 274 Å². The Morgan fingerprint density at radius 2 is 1.09 bits per heavy atom. The van der Waals surface area contributed by atoms with Gasteiger partial charge in [-0.3, -0.25) is 5.32 Å². The molecule has 1 fully saturated rings. The van der Waals surface area contributed by atoms with E-state index in [1.54, 1.807) is 0 Å². The molecule has 2 N–H and O–H groups in total. The molecule has 7 aromatic carbocycles. The molecule has 3 heteroatoms. The van der Waals surface area contributed by atoms with Gasteiger partial charge in [-0.15, -0.1) is 0 Å². The molecule has 47 heavy (non-hydrogen) atoms. The van der Waals surface area contributed by atoms with Gasteiger partial charge in [0.2, 0.25) is 0 Å². The van der Waals surface area contributed by atoms with Crippen LogP contribution < -0.4 is 10.6 Å². The third kappa shape index (κ3) is 4.72. The Bertz CT molecular complexity index is 2350. The van der Waals surface area contributed by atoms with E-state index < -0.39 is 5.66 Å². The Morgan fingerprint density at radius 3 is 1.85 bits per heavy atom. The van der Waals surface area contributed by atoms with E-state index in [1.807, 2.05) is 0 Å². The smallest absolute Gasteiger partial charge is 0.135 e. The van der Waals surface area contributed by atoms with Gasteiger partial charge in [0.25, 0.3) is 0 Å². The van der Waals surface area contributed by atoms with Crippen LogP contribution in [0.15, 0.2) is 182 Å². The van der Waals surface area contributed by atoms with Crippen LogP contribution in [0.5, 0.6) is 0 Å². The highest BCUT2D eigenvalue weighted by Gasteiger charge is 2.56. The normalized spacial score (nSPS) is 17.1. The summed E-state index contributed by atoms with van der Waals surface area (Å²) in [6.07, 6.45) is 0. The van der Waals surface area contributed by atoms with Crippen LogP contribution in [0.1, 0.15) is 17.2 Å². The number of hydrogen-bond acceptors (Lipinski definition) is 2. The number of aromatic nitrogens is 1. The van der Waals surface area contributed by atoms with Gasteiger partial charge >= 0.3 is 0 Å². The van der Waals surface area contributed by atoms with Crippen molar-refractivity contribution in [3.8, 4) is 27.9 Å². The van der Waals surface area contributed by atoms with Gasteiger partial charge in [-0.2, -0.15) is 0 Å². The third-order valence-corrected chi connectivity index (χ3v) is 9.54. The number of hydrogen-bond donors (Lipinski definition) is 2. The average Bonchev–Trinajstić information content (AvgIpc) is 3.79. The molecular formula is C44H33N3. The fourth-order valence-corrected chi connectivity index (χ4v) is 7.21. The summed E-state index contributed by atoms with van der Waals surface area (Å²) in [4.78, 5) is 0. The Balaban J connectivity index is 1.17. The summed E-state index contributed by atoms with van der Waals surface area (Å²) in [5.74, 6) is 0. The van der Waals surface area contributed by atoms with Gasteiger partial charge in [-0.25, -0.2) is 0 Å².